The van der Waals surface area contributed by atoms with E-state index in [1.807, 2.05) is 0 Å². The molecule has 0 fully saturated rings. The van der Waals surface area contributed by atoms with Crippen molar-refractivity contribution in [2.45, 2.75) is 13.8 Å². The van der Waals surface area contributed by atoms with E-state index in [2.05, 4.69) is 25.6 Å². The Morgan fingerprint density at radius 3 is 2.79 bits per heavy atom. The van der Waals surface area contributed by atoms with E-state index in [0.29, 0.717) is 0 Å². The lowest BCUT2D eigenvalue weighted by molar-refractivity contribution is -0.385. The van der Waals surface area contributed by atoms with Crippen LogP contribution in [0.2, 0.25) is 0 Å². The Morgan fingerprint density at radius 2 is 2.11 bits per heavy atom. The molecule has 0 bridgehead atoms. The Labute approximate surface area is 157 Å². The normalized spacial score (nSPS) is 11.1. The van der Waals surface area contributed by atoms with E-state index in [9.17, 15) is 20.0 Å². The molecule has 12 heteroatoms. The fraction of sp³-hybridized carbons (Fsp3) is 0.188. The van der Waals surface area contributed by atoms with Crippen LogP contribution in [0, 0.1) is 24.0 Å². The van der Waals surface area contributed by atoms with Gasteiger partial charge in [-0.05, 0) is 26.0 Å². The SMILES string of the molecule is COc1cc(C=NNC(=O)c2nc3nc(C)cc(C)n3n2)c(O)c([N+](=O)[O-])c1. The second-order valence-corrected chi connectivity index (χ2v) is 5.73. The molecular weight excluding hydrogens is 370 g/mol. The van der Waals surface area contributed by atoms with Crippen molar-refractivity contribution in [1.29, 1.82) is 0 Å². The third-order valence-corrected chi connectivity index (χ3v) is 3.72. The molecule has 2 N–H and O–H groups in total. The van der Waals surface area contributed by atoms with E-state index in [1.165, 1.54) is 17.7 Å². The van der Waals surface area contributed by atoms with E-state index in [4.69, 9.17) is 4.74 Å². The van der Waals surface area contributed by atoms with Crippen molar-refractivity contribution in [2.24, 2.45) is 5.10 Å². The Bertz CT molecular complexity index is 1120. The number of aromatic nitrogens is 4. The molecule has 0 aliphatic rings. The maximum atomic E-state index is 12.2. The summed E-state index contributed by atoms with van der Waals surface area (Å²) in [5, 5.41) is 28.7. The number of hydrogen-bond donors (Lipinski definition) is 2. The maximum Gasteiger partial charge on any atom is 0.315 e. The number of ether oxygens (including phenoxy) is 1. The first kappa shape index (κ1) is 18.7. The molecule has 2 heterocycles. The molecule has 12 nitrogen and oxygen atoms in total. The molecule has 0 unspecified atom stereocenters. The lowest BCUT2D eigenvalue weighted by Crippen LogP contribution is -2.19. The zero-order valence-corrected chi connectivity index (χ0v) is 15.1. The van der Waals surface area contributed by atoms with Gasteiger partial charge in [0.1, 0.15) is 5.75 Å². The van der Waals surface area contributed by atoms with Gasteiger partial charge < -0.3 is 9.84 Å². The van der Waals surface area contributed by atoms with E-state index in [-0.39, 0.29) is 22.9 Å². The van der Waals surface area contributed by atoms with Crippen LogP contribution in [0.5, 0.6) is 11.5 Å². The van der Waals surface area contributed by atoms with E-state index in [0.717, 1.165) is 23.7 Å². The molecule has 144 valence electrons. The second kappa shape index (κ2) is 7.26. The average molecular weight is 385 g/mol. The molecule has 1 aromatic carbocycles. The highest BCUT2D eigenvalue weighted by Crippen LogP contribution is 2.33. The quantitative estimate of drug-likeness (QED) is 0.376. The first-order valence-electron chi connectivity index (χ1n) is 7.90. The topological polar surface area (TPSA) is 157 Å². The summed E-state index contributed by atoms with van der Waals surface area (Å²) in [6.07, 6.45) is 1.05. The number of carbonyl (C=O) groups excluding carboxylic acids is 1. The van der Waals surface area contributed by atoms with Gasteiger partial charge in [0.05, 0.1) is 24.3 Å². The maximum absolute atomic E-state index is 12.2. The molecule has 3 aromatic rings. The summed E-state index contributed by atoms with van der Waals surface area (Å²) in [5.74, 6) is -1.05. The highest BCUT2D eigenvalue weighted by Gasteiger charge is 2.19. The zero-order valence-electron chi connectivity index (χ0n) is 15.1. The first-order valence-corrected chi connectivity index (χ1v) is 7.90. The van der Waals surface area contributed by atoms with Crippen LogP contribution in [-0.4, -0.2) is 48.8 Å². The lowest BCUT2D eigenvalue weighted by Gasteiger charge is -2.04. The zero-order chi connectivity index (χ0) is 20.4. The van der Waals surface area contributed by atoms with Crippen molar-refractivity contribution >= 4 is 23.6 Å². The summed E-state index contributed by atoms with van der Waals surface area (Å²) in [4.78, 5) is 30.7. The van der Waals surface area contributed by atoms with Crippen molar-refractivity contribution in [3.05, 3.63) is 51.1 Å². The average Bonchev–Trinajstić information content (AvgIpc) is 3.07. The fourth-order valence-corrected chi connectivity index (χ4v) is 2.44. The number of amides is 1. The van der Waals surface area contributed by atoms with Crippen molar-refractivity contribution in [3.8, 4) is 11.5 Å². The number of aryl methyl sites for hydroxylation is 2. The Balaban J connectivity index is 1.83. The number of methoxy groups -OCH3 is 1. The van der Waals surface area contributed by atoms with Gasteiger partial charge >= 0.3 is 11.6 Å². The summed E-state index contributed by atoms with van der Waals surface area (Å²) < 4.78 is 6.38. The van der Waals surface area contributed by atoms with Gasteiger partial charge in [-0.15, -0.1) is 5.10 Å². The number of rotatable bonds is 5. The molecule has 0 radical (unpaired) electrons. The second-order valence-electron chi connectivity index (χ2n) is 5.73. The molecule has 2 aromatic heterocycles. The summed E-state index contributed by atoms with van der Waals surface area (Å²) in [6, 6.07) is 4.19. The Hall–Kier alpha value is -4.09. The highest BCUT2D eigenvalue weighted by atomic mass is 16.6. The molecule has 1 amide bonds. The minimum Gasteiger partial charge on any atom is -0.502 e. The van der Waals surface area contributed by atoms with E-state index >= 15 is 0 Å². The van der Waals surface area contributed by atoms with Crippen LogP contribution in [0.4, 0.5) is 5.69 Å². The first-order chi connectivity index (χ1) is 13.3. The lowest BCUT2D eigenvalue weighted by atomic mass is 10.1. The summed E-state index contributed by atoms with van der Waals surface area (Å²) >= 11 is 0. The molecule has 0 saturated carbocycles. The number of carbonyl (C=O) groups is 1. The Morgan fingerprint density at radius 1 is 1.36 bits per heavy atom. The van der Waals surface area contributed by atoms with Gasteiger partial charge in [0.15, 0.2) is 0 Å². The number of benzene rings is 1. The van der Waals surface area contributed by atoms with E-state index in [1.54, 1.807) is 19.9 Å². The number of nitrogens with one attached hydrogen (secondary N) is 1. The van der Waals surface area contributed by atoms with Gasteiger partial charge in [0.25, 0.3) is 5.78 Å². The number of phenolic OH excluding ortho intramolecular Hbond substituents is 1. The van der Waals surface area contributed by atoms with E-state index < -0.39 is 22.3 Å². The van der Waals surface area contributed by atoms with Crippen molar-refractivity contribution in [1.82, 2.24) is 25.0 Å². The number of phenols is 1. The van der Waals surface area contributed by atoms with Gasteiger partial charge in [0.2, 0.25) is 11.6 Å². The minimum atomic E-state index is -0.758. The van der Waals surface area contributed by atoms with Crippen LogP contribution >= 0.6 is 0 Å². The van der Waals surface area contributed by atoms with Crippen LogP contribution in [0.15, 0.2) is 23.3 Å². The molecule has 0 atom stereocenters. The third kappa shape index (κ3) is 3.56. The number of hydrazone groups is 1. The smallest absolute Gasteiger partial charge is 0.315 e. The predicted octanol–water partition coefficient (Wildman–Crippen LogP) is 1.13. The van der Waals surface area contributed by atoms with Crippen LogP contribution in [0.1, 0.15) is 27.6 Å². The minimum absolute atomic E-state index is 0.0116. The van der Waals surface area contributed by atoms with Crippen LogP contribution in [-0.2, 0) is 0 Å². The predicted molar refractivity (Wildman–Crippen MR) is 96.6 cm³/mol. The van der Waals surface area contributed by atoms with Crippen LogP contribution < -0.4 is 10.2 Å². The summed E-state index contributed by atoms with van der Waals surface area (Å²) in [6.45, 7) is 3.60. The number of fused-ring (bicyclic) bond motifs is 1. The number of hydrogen-bond acceptors (Lipinski definition) is 9. The van der Waals surface area contributed by atoms with Crippen molar-refractivity contribution in [3.63, 3.8) is 0 Å². The van der Waals surface area contributed by atoms with Crippen molar-refractivity contribution < 1.29 is 19.6 Å². The van der Waals surface area contributed by atoms with Crippen molar-refractivity contribution in [2.75, 3.05) is 7.11 Å². The molecular formula is C16H15N7O5. The monoisotopic (exact) mass is 385 g/mol. The molecule has 0 aliphatic heterocycles. The highest BCUT2D eigenvalue weighted by molar-refractivity contribution is 5.92. The molecule has 28 heavy (non-hydrogen) atoms. The number of nitro groups is 1. The molecule has 0 spiro atoms. The number of nitrogens with zero attached hydrogens (tertiary/aromatic N) is 6. The number of aromatic hydroxyl groups is 1. The summed E-state index contributed by atoms with van der Waals surface area (Å²) in [5.41, 5.74) is 3.13. The third-order valence-electron chi connectivity index (χ3n) is 3.72. The molecule has 3 rings (SSSR count). The Kier molecular flexibility index (Phi) is 4.85. The van der Waals surface area contributed by atoms with Gasteiger partial charge in [-0.3, -0.25) is 14.9 Å². The van der Waals surface area contributed by atoms with Crippen LogP contribution in [0.3, 0.4) is 0 Å². The largest absolute Gasteiger partial charge is 0.502 e. The van der Waals surface area contributed by atoms with Gasteiger partial charge in [-0.25, -0.2) is 14.9 Å². The molecule has 0 saturated heterocycles. The fourth-order valence-electron chi connectivity index (χ4n) is 2.44. The van der Waals surface area contributed by atoms with Gasteiger partial charge in [-0.1, -0.05) is 0 Å². The summed E-state index contributed by atoms with van der Waals surface area (Å²) in [7, 11) is 1.33. The number of nitro benzene ring substituents is 1. The standard InChI is InChI=1S/C16H15N7O5/c1-8-4-9(2)22-16(18-8)19-14(21-22)15(25)20-17-7-10-5-11(28-3)6-12(13(10)24)23(26)27/h4-7,24H,1-3H3,(H,20,25). The molecule has 0 aliphatic carbocycles. The van der Waals surface area contributed by atoms with Crippen LogP contribution in [0.25, 0.3) is 5.78 Å². The van der Waals surface area contributed by atoms with Gasteiger partial charge in [0, 0.05) is 17.0 Å². The van der Waals surface area contributed by atoms with Gasteiger partial charge in [-0.2, -0.15) is 10.1 Å².